The molecule has 5 heteroatoms. The van der Waals surface area contributed by atoms with Crippen LogP contribution in [0.1, 0.15) is 52.4 Å². The van der Waals surface area contributed by atoms with E-state index in [1.165, 1.54) is 0 Å². The van der Waals surface area contributed by atoms with Gasteiger partial charge >= 0.3 is 11.9 Å². The van der Waals surface area contributed by atoms with Gasteiger partial charge in [0, 0.05) is 13.7 Å². The van der Waals surface area contributed by atoms with Gasteiger partial charge in [0.15, 0.2) is 0 Å². The Morgan fingerprint density at radius 2 is 1.50 bits per heavy atom. The second kappa shape index (κ2) is 12.9. The van der Waals surface area contributed by atoms with Crippen LogP contribution in [-0.2, 0) is 23.8 Å². The Labute approximate surface area is 122 Å². The quantitative estimate of drug-likeness (QED) is 0.408. The Morgan fingerprint density at radius 1 is 0.950 bits per heavy atom. The molecule has 0 radical (unpaired) electrons. The number of hydrogen-bond donors (Lipinski definition) is 0. The van der Waals surface area contributed by atoms with E-state index in [-0.39, 0.29) is 24.8 Å². The Bertz CT molecular complexity index is 265. The van der Waals surface area contributed by atoms with Gasteiger partial charge in [-0.05, 0) is 25.2 Å². The molecular formula is C15H28O5. The number of rotatable bonds is 12. The molecule has 0 saturated carbocycles. The van der Waals surface area contributed by atoms with Crippen molar-refractivity contribution < 1.29 is 23.8 Å². The molecule has 5 nitrogen and oxygen atoms in total. The van der Waals surface area contributed by atoms with Crippen molar-refractivity contribution >= 4 is 11.9 Å². The first-order chi connectivity index (χ1) is 9.60. The van der Waals surface area contributed by atoms with E-state index in [1.807, 2.05) is 6.92 Å². The number of carbonyl (C=O) groups excluding carboxylic acids is 2. The molecular weight excluding hydrogens is 260 g/mol. The van der Waals surface area contributed by atoms with E-state index in [4.69, 9.17) is 14.2 Å². The summed E-state index contributed by atoms with van der Waals surface area (Å²) in [5.74, 6) is -0.206. The summed E-state index contributed by atoms with van der Waals surface area (Å²) in [6.07, 6.45) is 3.80. The molecule has 0 saturated heterocycles. The van der Waals surface area contributed by atoms with Crippen LogP contribution in [0.25, 0.3) is 0 Å². The molecule has 118 valence electrons. The summed E-state index contributed by atoms with van der Waals surface area (Å²) < 4.78 is 15.0. The van der Waals surface area contributed by atoms with Crippen LogP contribution in [0.4, 0.5) is 0 Å². The van der Waals surface area contributed by atoms with Crippen LogP contribution in [-0.4, -0.2) is 38.9 Å². The number of carbonyl (C=O) groups is 2. The van der Waals surface area contributed by atoms with Crippen LogP contribution < -0.4 is 0 Å². The fraction of sp³-hybridized carbons (Fsp3) is 0.867. The minimum atomic E-state index is -0.337. The highest BCUT2D eigenvalue weighted by atomic mass is 16.5. The first-order valence-corrected chi connectivity index (χ1v) is 7.40. The summed E-state index contributed by atoms with van der Waals surface area (Å²) in [6.45, 7) is 5.67. The van der Waals surface area contributed by atoms with E-state index >= 15 is 0 Å². The van der Waals surface area contributed by atoms with E-state index in [9.17, 15) is 9.59 Å². The predicted molar refractivity (Wildman–Crippen MR) is 76.3 cm³/mol. The molecule has 20 heavy (non-hydrogen) atoms. The van der Waals surface area contributed by atoms with Crippen molar-refractivity contribution in [3.63, 3.8) is 0 Å². The van der Waals surface area contributed by atoms with Gasteiger partial charge in [0.1, 0.15) is 0 Å². The van der Waals surface area contributed by atoms with Gasteiger partial charge in [0.25, 0.3) is 0 Å². The maximum absolute atomic E-state index is 11.4. The summed E-state index contributed by atoms with van der Waals surface area (Å²) in [6, 6.07) is 0. The van der Waals surface area contributed by atoms with Crippen molar-refractivity contribution in [2.24, 2.45) is 5.92 Å². The highest BCUT2D eigenvalue weighted by Gasteiger charge is 2.10. The molecule has 0 aliphatic carbocycles. The monoisotopic (exact) mass is 288 g/mol. The molecule has 0 aromatic heterocycles. The first-order valence-electron chi connectivity index (χ1n) is 7.40. The average Bonchev–Trinajstić information content (AvgIpc) is 2.43. The van der Waals surface area contributed by atoms with Gasteiger partial charge in [-0.25, -0.2) is 0 Å². The molecule has 0 fully saturated rings. The lowest BCUT2D eigenvalue weighted by atomic mass is 10.1. The third-order valence-electron chi connectivity index (χ3n) is 2.98. The van der Waals surface area contributed by atoms with Gasteiger partial charge in [0.2, 0.25) is 0 Å². The zero-order valence-electron chi connectivity index (χ0n) is 13.0. The van der Waals surface area contributed by atoms with Crippen LogP contribution in [0.3, 0.4) is 0 Å². The van der Waals surface area contributed by atoms with Crippen molar-refractivity contribution in [1.29, 1.82) is 0 Å². The van der Waals surface area contributed by atoms with Crippen LogP contribution >= 0.6 is 0 Å². The van der Waals surface area contributed by atoms with Gasteiger partial charge in [-0.3, -0.25) is 9.59 Å². The molecule has 0 heterocycles. The second-order valence-corrected chi connectivity index (χ2v) is 4.97. The molecule has 0 spiro atoms. The highest BCUT2D eigenvalue weighted by Crippen LogP contribution is 2.08. The van der Waals surface area contributed by atoms with Crippen LogP contribution in [0, 0.1) is 5.92 Å². The predicted octanol–water partition coefficient (Wildman–Crippen LogP) is 2.72. The molecule has 0 aliphatic rings. The number of esters is 2. The fourth-order valence-electron chi connectivity index (χ4n) is 1.52. The van der Waals surface area contributed by atoms with E-state index in [2.05, 4.69) is 6.92 Å². The second-order valence-electron chi connectivity index (χ2n) is 4.97. The van der Waals surface area contributed by atoms with Gasteiger partial charge in [-0.2, -0.15) is 0 Å². The van der Waals surface area contributed by atoms with E-state index in [0.717, 1.165) is 32.3 Å². The fourth-order valence-corrected chi connectivity index (χ4v) is 1.52. The lowest BCUT2D eigenvalue weighted by Crippen LogP contribution is -2.13. The average molecular weight is 288 g/mol. The summed E-state index contributed by atoms with van der Waals surface area (Å²) >= 11 is 0. The molecule has 0 aliphatic heterocycles. The van der Waals surface area contributed by atoms with Crippen molar-refractivity contribution in [2.75, 3.05) is 26.9 Å². The summed E-state index contributed by atoms with van der Waals surface area (Å²) in [4.78, 5) is 22.7. The number of ether oxygens (including phenoxy) is 3. The minimum Gasteiger partial charge on any atom is -0.466 e. The first kappa shape index (κ1) is 18.9. The van der Waals surface area contributed by atoms with Gasteiger partial charge in [0.05, 0.1) is 26.1 Å². The molecule has 0 bridgehead atoms. The standard InChI is InChI=1S/C15H28O5/c1-4-5-10-19-14(16)6-7-15(17)20-12-9-13(2)8-11-18-3/h13H,4-12H2,1-3H3. The maximum atomic E-state index is 11.4. The third kappa shape index (κ3) is 12.0. The van der Waals surface area contributed by atoms with E-state index in [0.29, 0.717) is 19.1 Å². The smallest absolute Gasteiger partial charge is 0.306 e. The Morgan fingerprint density at radius 3 is 2.05 bits per heavy atom. The molecule has 0 aromatic rings. The van der Waals surface area contributed by atoms with Gasteiger partial charge in [-0.1, -0.05) is 20.3 Å². The van der Waals surface area contributed by atoms with Crippen LogP contribution in [0.15, 0.2) is 0 Å². The maximum Gasteiger partial charge on any atom is 0.306 e. The lowest BCUT2D eigenvalue weighted by molar-refractivity contribution is -0.150. The number of methoxy groups -OCH3 is 1. The minimum absolute atomic E-state index is 0.0947. The summed E-state index contributed by atoms with van der Waals surface area (Å²) in [5, 5.41) is 0. The SMILES string of the molecule is CCCCOC(=O)CCC(=O)OCCC(C)CCOC. The molecule has 0 amide bonds. The summed E-state index contributed by atoms with van der Waals surface area (Å²) in [7, 11) is 1.67. The molecule has 0 N–H and O–H groups in total. The van der Waals surface area contributed by atoms with Crippen molar-refractivity contribution in [3.8, 4) is 0 Å². The molecule has 0 aromatic carbocycles. The van der Waals surface area contributed by atoms with Crippen molar-refractivity contribution in [2.45, 2.75) is 52.4 Å². The number of unbranched alkanes of at least 4 members (excludes halogenated alkanes) is 1. The van der Waals surface area contributed by atoms with E-state index < -0.39 is 0 Å². The third-order valence-corrected chi connectivity index (χ3v) is 2.98. The Kier molecular flexibility index (Phi) is 12.2. The van der Waals surface area contributed by atoms with Crippen molar-refractivity contribution in [3.05, 3.63) is 0 Å². The van der Waals surface area contributed by atoms with E-state index in [1.54, 1.807) is 7.11 Å². The Hall–Kier alpha value is -1.10. The largest absolute Gasteiger partial charge is 0.466 e. The topological polar surface area (TPSA) is 61.8 Å². The zero-order valence-corrected chi connectivity index (χ0v) is 13.0. The zero-order chi connectivity index (χ0) is 15.2. The molecule has 1 unspecified atom stereocenters. The van der Waals surface area contributed by atoms with Crippen LogP contribution in [0.2, 0.25) is 0 Å². The van der Waals surface area contributed by atoms with Gasteiger partial charge in [-0.15, -0.1) is 0 Å². The number of hydrogen-bond acceptors (Lipinski definition) is 5. The van der Waals surface area contributed by atoms with Gasteiger partial charge < -0.3 is 14.2 Å². The Balaban J connectivity index is 3.51. The highest BCUT2D eigenvalue weighted by molar-refractivity contribution is 5.77. The van der Waals surface area contributed by atoms with Crippen LogP contribution in [0.5, 0.6) is 0 Å². The normalized spacial score (nSPS) is 11.9. The molecule has 1 atom stereocenters. The lowest BCUT2D eigenvalue weighted by Gasteiger charge is -2.10. The molecule has 0 rings (SSSR count). The summed E-state index contributed by atoms with van der Waals surface area (Å²) in [5.41, 5.74) is 0. The van der Waals surface area contributed by atoms with Crippen molar-refractivity contribution in [1.82, 2.24) is 0 Å².